The highest BCUT2D eigenvalue weighted by Crippen LogP contribution is 2.12. The number of hydrogen-bond acceptors (Lipinski definition) is 8. The lowest BCUT2D eigenvalue weighted by molar-refractivity contribution is -0.137. The molecule has 0 fully saturated rings. The summed E-state index contributed by atoms with van der Waals surface area (Å²) in [6.45, 7) is 1.13. The second kappa shape index (κ2) is 10.1. The number of primary amides is 1. The maximum absolute atomic E-state index is 11.8. The molecule has 0 aliphatic rings. The van der Waals surface area contributed by atoms with Crippen LogP contribution in [0, 0.1) is 0 Å². The molecule has 0 bridgehead atoms. The van der Waals surface area contributed by atoms with E-state index in [0.717, 1.165) is 0 Å². The minimum atomic E-state index is -1.07. The van der Waals surface area contributed by atoms with Crippen LogP contribution in [0.2, 0.25) is 0 Å². The SMILES string of the molecule is CC(=O)[C@H](CCC(=O)O)NC(=O)NCc1nc([C@@H](N)CCC(N)=O)no1. The van der Waals surface area contributed by atoms with Gasteiger partial charge in [0, 0.05) is 12.8 Å². The van der Waals surface area contributed by atoms with Crippen molar-refractivity contribution < 1.29 is 28.8 Å². The highest BCUT2D eigenvalue weighted by molar-refractivity contribution is 5.87. The van der Waals surface area contributed by atoms with E-state index in [0.29, 0.717) is 0 Å². The molecule has 0 saturated heterocycles. The molecule has 0 unspecified atom stereocenters. The summed E-state index contributed by atoms with van der Waals surface area (Å²) in [5, 5.41) is 17.1. The number of aliphatic carboxylic acids is 1. The smallest absolute Gasteiger partial charge is 0.315 e. The average Bonchev–Trinajstić information content (AvgIpc) is 3.03. The summed E-state index contributed by atoms with van der Waals surface area (Å²) in [5.41, 5.74) is 10.8. The molecule has 1 aromatic rings. The molecular formula is C14H22N6O6. The monoisotopic (exact) mass is 370 g/mol. The number of aromatic nitrogens is 2. The Morgan fingerprint density at radius 3 is 2.50 bits per heavy atom. The van der Waals surface area contributed by atoms with Gasteiger partial charge in [0.1, 0.15) is 0 Å². The topological polar surface area (TPSA) is 204 Å². The lowest BCUT2D eigenvalue weighted by Crippen LogP contribution is -2.45. The number of nitrogens with one attached hydrogen (secondary N) is 2. The van der Waals surface area contributed by atoms with Gasteiger partial charge >= 0.3 is 12.0 Å². The van der Waals surface area contributed by atoms with Gasteiger partial charge in [0.25, 0.3) is 0 Å². The van der Waals surface area contributed by atoms with E-state index in [9.17, 15) is 19.2 Å². The largest absolute Gasteiger partial charge is 0.481 e. The fourth-order valence-electron chi connectivity index (χ4n) is 1.93. The molecule has 144 valence electrons. The number of carbonyl (C=O) groups is 4. The number of amides is 3. The standard InChI is InChI=1S/C14H22N6O6/c1-7(21)9(3-5-12(23)24)18-14(25)17-6-11-19-13(20-26-11)8(15)2-4-10(16)22/h8-9H,2-6,15H2,1H3,(H2,16,22)(H,23,24)(H2,17,18,25)/t8-,9-/m0/s1. The zero-order valence-corrected chi connectivity index (χ0v) is 14.2. The second-order valence-corrected chi connectivity index (χ2v) is 5.58. The van der Waals surface area contributed by atoms with E-state index in [2.05, 4.69) is 20.8 Å². The van der Waals surface area contributed by atoms with Crippen LogP contribution < -0.4 is 22.1 Å². The molecule has 0 aliphatic heterocycles. The molecule has 1 rings (SSSR count). The van der Waals surface area contributed by atoms with Crippen LogP contribution in [0.3, 0.4) is 0 Å². The van der Waals surface area contributed by atoms with Crippen LogP contribution in [-0.4, -0.2) is 45.0 Å². The normalized spacial score (nSPS) is 12.8. The van der Waals surface area contributed by atoms with Gasteiger partial charge < -0.3 is 31.7 Å². The Bertz CT molecular complexity index is 660. The molecule has 0 spiro atoms. The summed E-state index contributed by atoms with van der Waals surface area (Å²) in [5.74, 6) is -1.67. The molecule has 0 aliphatic carbocycles. The van der Waals surface area contributed by atoms with Crippen LogP contribution in [0.25, 0.3) is 0 Å². The molecule has 1 heterocycles. The highest BCUT2D eigenvalue weighted by atomic mass is 16.5. The van der Waals surface area contributed by atoms with Crippen LogP contribution in [0.4, 0.5) is 4.79 Å². The summed E-state index contributed by atoms with van der Waals surface area (Å²) < 4.78 is 4.93. The molecule has 1 aromatic heterocycles. The van der Waals surface area contributed by atoms with E-state index in [-0.39, 0.29) is 49.7 Å². The van der Waals surface area contributed by atoms with Crippen molar-refractivity contribution in [1.82, 2.24) is 20.8 Å². The van der Waals surface area contributed by atoms with E-state index >= 15 is 0 Å². The van der Waals surface area contributed by atoms with Crippen LogP contribution >= 0.6 is 0 Å². The minimum Gasteiger partial charge on any atom is -0.481 e. The maximum Gasteiger partial charge on any atom is 0.315 e. The first-order valence-electron chi connectivity index (χ1n) is 7.82. The third-order valence-corrected chi connectivity index (χ3v) is 3.36. The Balaban J connectivity index is 2.47. The number of Topliss-reactive ketones (excluding diaryl/α,β-unsaturated/α-hetero) is 1. The van der Waals surface area contributed by atoms with Crippen molar-refractivity contribution in [3.05, 3.63) is 11.7 Å². The Morgan fingerprint density at radius 1 is 1.23 bits per heavy atom. The Labute approximate surface area is 148 Å². The molecular weight excluding hydrogens is 348 g/mol. The van der Waals surface area contributed by atoms with Crippen molar-refractivity contribution in [2.75, 3.05) is 0 Å². The number of ketones is 1. The van der Waals surface area contributed by atoms with Crippen molar-refractivity contribution in [2.24, 2.45) is 11.5 Å². The van der Waals surface area contributed by atoms with E-state index < -0.39 is 30.0 Å². The van der Waals surface area contributed by atoms with Crippen molar-refractivity contribution in [1.29, 1.82) is 0 Å². The Kier molecular flexibility index (Phi) is 8.15. The van der Waals surface area contributed by atoms with E-state index in [4.69, 9.17) is 21.1 Å². The quantitative estimate of drug-likeness (QED) is 0.322. The number of carboxylic acids is 1. The van der Waals surface area contributed by atoms with Gasteiger partial charge in [-0.05, 0) is 19.8 Å². The summed E-state index contributed by atoms with van der Waals surface area (Å²) in [7, 11) is 0. The Hall–Kier alpha value is -3.02. The maximum atomic E-state index is 11.8. The van der Waals surface area contributed by atoms with Crippen molar-refractivity contribution in [3.8, 4) is 0 Å². The van der Waals surface area contributed by atoms with E-state index in [1.807, 2.05) is 0 Å². The van der Waals surface area contributed by atoms with Crippen LogP contribution in [0.5, 0.6) is 0 Å². The molecule has 12 nitrogen and oxygen atoms in total. The summed E-state index contributed by atoms with van der Waals surface area (Å²) in [6.07, 6.45) is 0.0683. The number of nitrogens with zero attached hydrogens (tertiary/aromatic N) is 2. The zero-order chi connectivity index (χ0) is 19.7. The molecule has 7 N–H and O–H groups in total. The van der Waals surface area contributed by atoms with Gasteiger partial charge in [-0.3, -0.25) is 14.4 Å². The molecule has 0 saturated carbocycles. The van der Waals surface area contributed by atoms with Crippen molar-refractivity contribution in [2.45, 2.75) is 51.2 Å². The second-order valence-electron chi connectivity index (χ2n) is 5.58. The summed E-state index contributed by atoms with van der Waals surface area (Å²) >= 11 is 0. The molecule has 12 heteroatoms. The molecule has 2 atom stereocenters. The predicted molar refractivity (Wildman–Crippen MR) is 86.4 cm³/mol. The van der Waals surface area contributed by atoms with E-state index in [1.165, 1.54) is 6.92 Å². The summed E-state index contributed by atoms with van der Waals surface area (Å²) in [6, 6.07) is -2.23. The van der Waals surface area contributed by atoms with Gasteiger partial charge in [-0.2, -0.15) is 4.98 Å². The van der Waals surface area contributed by atoms with Gasteiger partial charge in [0.05, 0.1) is 18.6 Å². The first-order valence-corrected chi connectivity index (χ1v) is 7.82. The van der Waals surface area contributed by atoms with Crippen LogP contribution in [-0.2, 0) is 20.9 Å². The predicted octanol–water partition coefficient (Wildman–Crippen LogP) is -1.04. The highest BCUT2D eigenvalue weighted by Gasteiger charge is 2.19. The van der Waals surface area contributed by atoms with E-state index in [1.54, 1.807) is 0 Å². The lowest BCUT2D eigenvalue weighted by Gasteiger charge is -2.14. The zero-order valence-electron chi connectivity index (χ0n) is 14.2. The molecule has 26 heavy (non-hydrogen) atoms. The third-order valence-electron chi connectivity index (χ3n) is 3.36. The first kappa shape index (κ1) is 21.0. The lowest BCUT2D eigenvalue weighted by atomic mass is 10.1. The fourth-order valence-corrected chi connectivity index (χ4v) is 1.93. The molecule has 3 amide bonds. The van der Waals surface area contributed by atoms with Gasteiger partial charge in [0.2, 0.25) is 11.8 Å². The van der Waals surface area contributed by atoms with Crippen LogP contribution in [0.15, 0.2) is 4.52 Å². The number of nitrogens with two attached hydrogens (primary N) is 2. The summed E-state index contributed by atoms with van der Waals surface area (Å²) in [4.78, 5) is 48.5. The molecule has 0 radical (unpaired) electrons. The van der Waals surface area contributed by atoms with Crippen molar-refractivity contribution in [3.63, 3.8) is 0 Å². The minimum absolute atomic E-state index is 0.0164. The number of hydrogen-bond donors (Lipinski definition) is 5. The third kappa shape index (κ3) is 7.70. The number of rotatable bonds is 11. The Morgan fingerprint density at radius 2 is 1.92 bits per heavy atom. The fraction of sp³-hybridized carbons (Fsp3) is 0.571. The van der Waals surface area contributed by atoms with Crippen molar-refractivity contribution >= 4 is 23.7 Å². The van der Waals surface area contributed by atoms with Gasteiger partial charge in [-0.15, -0.1) is 0 Å². The van der Waals surface area contributed by atoms with Gasteiger partial charge in [-0.1, -0.05) is 5.16 Å². The first-order chi connectivity index (χ1) is 12.2. The van der Waals surface area contributed by atoms with Gasteiger partial charge in [0.15, 0.2) is 11.6 Å². The number of urea groups is 1. The number of carboxylic acid groups (broad SMARTS) is 1. The molecule has 0 aromatic carbocycles. The number of carbonyl (C=O) groups excluding carboxylic acids is 3. The average molecular weight is 370 g/mol. The van der Waals surface area contributed by atoms with Gasteiger partial charge in [-0.25, -0.2) is 4.79 Å². The van der Waals surface area contributed by atoms with Crippen LogP contribution in [0.1, 0.15) is 50.4 Å².